The van der Waals surface area contributed by atoms with E-state index in [1.54, 1.807) is 4.90 Å². The number of nitrogens with one attached hydrogen (secondary N) is 3. The number of carbonyl (C=O) groups excluding carboxylic acids is 2. The number of fused-ring (bicyclic) bond motifs is 1. The van der Waals surface area contributed by atoms with Crippen molar-refractivity contribution >= 4 is 29.2 Å². The predicted molar refractivity (Wildman–Crippen MR) is 115 cm³/mol. The van der Waals surface area contributed by atoms with E-state index in [0.717, 1.165) is 48.6 Å². The Bertz CT molecular complexity index is 939. The summed E-state index contributed by atoms with van der Waals surface area (Å²) in [6.07, 6.45) is 3.52. The molecular weight excluding hydrogens is 382 g/mol. The highest BCUT2D eigenvalue weighted by Crippen LogP contribution is 2.36. The van der Waals surface area contributed by atoms with Crippen molar-refractivity contribution in [2.45, 2.75) is 64.0 Å². The average Bonchev–Trinajstić information content (AvgIpc) is 3.34. The Kier molecular flexibility index (Phi) is 5.65. The largest absolute Gasteiger partial charge is 0.446 e. The molecule has 0 saturated heterocycles. The van der Waals surface area contributed by atoms with E-state index in [2.05, 4.69) is 26.9 Å². The molecule has 1 aliphatic carbocycles. The minimum Gasteiger partial charge on any atom is -0.446 e. The van der Waals surface area contributed by atoms with E-state index in [1.165, 1.54) is 5.56 Å². The van der Waals surface area contributed by atoms with Crippen molar-refractivity contribution in [3.63, 3.8) is 0 Å². The van der Waals surface area contributed by atoms with E-state index < -0.39 is 0 Å². The Morgan fingerprint density at radius 1 is 1.27 bits per heavy atom. The van der Waals surface area contributed by atoms with Crippen LogP contribution in [0.2, 0.25) is 0 Å². The van der Waals surface area contributed by atoms with Gasteiger partial charge in [0.25, 0.3) is 0 Å². The Morgan fingerprint density at radius 2 is 2.10 bits per heavy atom. The van der Waals surface area contributed by atoms with Crippen molar-refractivity contribution in [2.24, 2.45) is 0 Å². The molecule has 3 N–H and O–H groups in total. The third kappa shape index (κ3) is 4.42. The predicted octanol–water partition coefficient (Wildman–Crippen LogP) is 3.83. The van der Waals surface area contributed by atoms with Gasteiger partial charge in [-0.1, -0.05) is 6.07 Å². The maximum Gasteiger partial charge on any atom is 0.407 e. The summed E-state index contributed by atoms with van der Waals surface area (Å²) in [4.78, 5) is 25.5. The molecule has 160 valence electrons. The molecule has 0 spiro atoms. The second-order valence-corrected chi connectivity index (χ2v) is 8.47. The zero-order valence-electron chi connectivity index (χ0n) is 17.7. The number of hydrogen-bond acceptors (Lipinski definition) is 5. The van der Waals surface area contributed by atoms with Crippen LogP contribution in [0.3, 0.4) is 0 Å². The van der Waals surface area contributed by atoms with E-state index in [9.17, 15) is 9.59 Å². The van der Waals surface area contributed by atoms with E-state index in [4.69, 9.17) is 4.74 Å². The molecular formula is C22H29N5O3. The Morgan fingerprint density at radius 3 is 2.90 bits per heavy atom. The maximum absolute atomic E-state index is 12.0. The van der Waals surface area contributed by atoms with Crippen LogP contribution in [0, 0.1) is 0 Å². The molecule has 4 rings (SSSR count). The van der Waals surface area contributed by atoms with Gasteiger partial charge in [-0.3, -0.25) is 9.89 Å². The van der Waals surface area contributed by atoms with Crippen LogP contribution in [0.5, 0.6) is 0 Å². The molecule has 2 aromatic rings. The highest BCUT2D eigenvalue weighted by Gasteiger charge is 2.30. The minimum atomic E-state index is -0.349. The zero-order chi connectivity index (χ0) is 21.3. The standard InChI is InChI=1S/C22H29N5O3/c1-13(2)23-22(29)30-17-8-5-15(10-17)18-12-20(26-25-18)24-16-7-4-14-6-9-21(28)27(3)19(14)11-16/h4,7,11-13,15,17H,5-6,8-10H2,1-3H3,(H,23,29)(H2,24,25,26)/t15-,17+/m0/s1. The van der Waals surface area contributed by atoms with Crippen LogP contribution in [0.25, 0.3) is 0 Å². The number of amides is 2. The third-order valence-corrected chi connectivity index (χ3v) is 5.80. The van der Waals surface area contributed by atoms with Gasteiger partial charge in [-0.2, -0.15) is 5.10 Å². The zero-order valence-corrected chi connectivity index (χ0v) is 17.7. The molecule has 2 heterocycles. The quantitative estimate of drug-likeness (QED) is 0.694. The summed E-state index contributed by atoms with van der Waals surface area (Å²) >= 11 is 0. The fraction of sp³-hybridized carbons (Fsp3) is 0.500. The Hall–Kier alpha value is -3.03. The monoisotopic (exact) mass is 411 g/mol. The third-order valence-electron chi connectivity index (χ3n) is 5.80. The SMILES string of the molecule is CC(C)NC(=O)O[C@@H]1CC[C@H](c2cc(Nc3ccc4c(c3)N(C)C(=O)CC4)n[nH]2)C1. The smallest absolute Gasteiger partial charge is 0.407 e. The molecule has 2 amide bonds. The van der Waals surface area contributed by atoms with Crippen LogP contribution >= 0.6 is 0 Å². The van der Waals surface area contributed by atoms with Crippen molar-refractivity contribution in [2.75, 3.05) is 17.3 Å². The summed E-state index contributed by atoms with van der Waals surface area (Å²) in [7, 11) is 1.82. The van der Waals surface area contributed by atoms with Crippen LogP contribution in [-0.4, -0.2) is 41.4 Å². The van der Waals surface area contributed by atoms with Gasteiger partial charge in [0.1, 0.15) is 6.10 Å². The lowest BCUT2D eigenvalue weighted by molar-refractivity contribution is -0.118. The summed E-state index contributed by atoms with van der Waals surface area (Å²) in [6.45, 7) is 3.83. The van der Waals surface area contributed by atoms with Gasteiger partial charge in [0.15, 0.2) is 5.82 Å². The first kappa shape index (κ1) is 20.3. The van der Waals surface area contributed by atoms with E-state index >= 15 is 0 Å². The average molecular weight is 412 g/mol. The highest BCUT2D eigenvalue weighted by atomic mass is 16.6. The number of benzene rings is 1. The summed E-state index contributed by atoms with van der Waals surface area (Å²) in [5.74, 6) is 1.16. The summed E-state index contributed by atoms with van der Waals surface area (Å²) in [5.41, 5.74) is 4.07. The first-order valence-electron chi connectivity index (χ1n) is 10.6. The second-order valence-electron chi connectivity index (χ2n) is 8.47. The number of hydrogen-bond donors (Lipinski definition) is 3. The van der Waals surface area contributed by atoms with E-state index in [1.807, 2.05) is 39.1 Å². The van der Waals surface area contributed by atoms with E-state index in [0.29, 0.717) is 6.42 Å². The molecule has 2 atom stereocenters. The first-order chi connectivity index (χ1) is 14.4. The van der Waals surface area contributed by atoms with Gasteiger partial charge in [0.2, 0.25) is 5.91 Å². The fourth-order valence-electron chi connectivity index (χ4n) is 4.22. The Balaban J connectivity index is 1.37. The van der Waals surface area contributed by atoms with Gasteiger partial charge in [0.05, 0.1) is 0 Å². The van der Waals surface area contributed by atoms with Crippen LogP contribution in [0.4, 0.5) is 22.0 Å². The normalized spacial score (nSPS) is 20.9. The molecule has 8 heteroatoms. The fourth-order valence-corrected chi connectivity index (χ4v) is 4.22. The highest BCUT2D eigenvalue weighted by molar-refractivity contribution is 5.96. The summed E-state index contributed by atoms with van der Waals surface area (Å²) in [6, 6.07) is 8.15. The lowest BCUT2D eigenvalue weighted by Crippen LogP contribution is -2.33. The number of rotatable bonds is 5. The van der Waals surface area contributed by atoms with Crippen LogP contribution < -0.4 is 15.5 Å². The Labute approximate surface area is 176 Å². The first-order valence-corrected chi connectivity index (χ1v) is 10.6. The number of ether oxygens (including phenoxy) is 1. The van der Waals surface area contributed by atoms with Crippen molar-refractivity contribution in [3.05, 3.63) is 35.5 Å². The molecule has 1 aromatic carbocycles. The van der Waals surface area contributed by atoms with Crippen molar-refractivity contribution in [3.8, 4) is 0 Å². The lowest BCUT2D eigenvalue weighted by atomic mass is 10.0. The van der Waals surface area contributed by atoms with Crippen molar-refractivity contribution in [1.82, 2.24) is 15.5 Å². The van der Waals surface area contributed by atoms with Gasteiger partial charge in [0, 0.05) is 48.6 Å². The van der Waals surface area contributed by atoms with Gasteiger partial charge < -0.3 is 20.3 Å². The van der Waals surface area contributed by atoms with Gasteiger partial charge in [-0.25, -0.2) is 4.79 Å². The van der Waals surface area contributed by atoms with Crippen LogP contribution in [-0.2, 0) is 16.0 Å². The number of aryl methyl sites for hydroxylation is 1. The molecule has 1 fully saturated rings. The van der Waals surface area contributed by atoms with Gasteiger partial charge >= 0.3 is 6.09 Å². The van der Waals surface area contributed by atoms with Gasteiger partial charge in [-0.05, 0) is 57.2 Å². The molecule has 0 bridgehead atoms. The number of anilines is 3. The minimum absolute atomic E-state index is 0.0671. The van der Waals surface area contributed by atoms with Crippen LogP contribution in [0.15, 0.2) is 24.3 Å². The molecule has 1 saturated carbocycles. The molecule has 1 aromatic heterocycles. The van der Waals surface area contributed by atoms with Crippen molar-refractivity contribution in [1.29, 1.82) is 0 Å². The number of aromatic nitrogens is 2. The number of alkyl carbamates (subject to hydrolysis) is 1. The number of nitrogens with zero attached hydrogens (tertiary/aromatic N) is 2. The van der Waals surface area contributed by atoms with Crippen molar-refractivity contribution < 1.29 is 14.3 Å². The number of H-pyrrole nitrogens is 1. The lowest BCUT2D eigenvalue weighted by Gasteiger charge is -2.26. The molecule has 0 unspecified atom stereocenters. The number of carbonyl (C=O) groups is 2. The molecule has 1 aliphatic heterocycles. The van der Waals surface area contributed by atoms with E-state index in [-0.39, 0.29) is 30.1 Å². The number of aromatic amines is 1. The maximum atomic E-state index is 12.0. The van der Waals surface area contributed by atoms with Gasteiger partial charge in [-0.15, -0.1) is 0 Å². The molecule has 2 aliphatic rings. The molecule has 0 radical (unpaired) electrons. The molecule has 8 nitrogen and oxygen atoms in total. The summed E-state index contributed by atoms with van der Waals surface area (Å²) in [5, 5.41) is 13.6. The topological polar surface area (TPSA) is 99.3 Å². The molecule has 30 heavy (non-hydrogen) atoms. The summed E-state index contributed by atoms with van der Waals surface area (Å²) < 4.78 is 5.52. The second kappa shape index (κ2) is 8.38. The van der Waals surface area contributed by atoms with Crippen LogP contribution in [0.1, 0.15) is 56.7 Å².